The van der Waals surface area contributed by atoms with Gasteiger partial charge in [0.25, 0.3) is 0 Å². The smallest absolute Gasteiger partial charge is 0.388 e. The molecule has 0 rings (SSSR count). The number of aldehydes is 1. The molecule has 0 saturated heterocycles. The van der Waals surface area contributed by atoms with Gasteiger partial charge in [-0.05, 0) is 61.2 Å². The van der Waals surface area contributed by atoms with Gasteiger partial charge in [-0.3, -0.25) is 24.0 Å². The highest BCUT2D eigenvalue weighted by Gasteiger charge is 2.28. The number of hydrogen-bond acceptors (Lipinski definition) is 13. The molecular weight excluding hydrogens is 554 g/mol. The van der Waals surface area contributed by atoms with Gasteiger partial charge >= 0.3 is 11.9 Å². The number of Topliss-reactive ketones (excluding diaryl/α,β-unsaturated/α-hetero) is 2. The number of likely N-dealkylation sites (N-methyl/N-ethyl adjacent to an activating group) is 2. The summed E-state index contributed by atoms with van der Waals surface area (Å²) in [7, 11) is 5.06. The molecule has 3 atom stereocenters. The third kappa shape index (κ3) is 20.3. The second-order valence-electron chi connectivity index (χ2n) is 10.4. The standard InChI is InChI=1S/C13H23N5O5.C13H24N2O4/c1-17-10(4-2-8(19)6-14)12(21)18-11(13(22)23-16)5-3-9(20)7-15;1-13(2,3)19-12(18)10(7-6-8-16)14-11(17)9-15(4)5/h7,10-11,15,17H,2-6,14H2,1,16H3;8,10H,6-7,9H2,1-5H3,(H,14,17)/p+1. The van der Waals surface area contributed by atoms with Gasteiger partial charge < -0.3 is 41.5 Å². The van der Waals surface area contributed by atoms with E-state index in [2.05, 4.69) is 26.7 Å². The molecule has 0 radical (unpaired) electrons. The number of nitrogens with two attached hydrogens (primary N) is 1. The van der Waals surface area contributed by atoms with E-state index in [1.165, 1.54) is 0 Å². The summed E-state index contributed by atoms with van der Waals surface area (Å²) < 4.78 is 5.22. The van der Waals surface area contributed by atoms with Crippen LogP contribution in [0.25, 0.3) is 0 Å². The normalized spacial score (nSPS) is 12.9. The molecule has 0 bridgehead atoms. The van der Waals surface area contributed by atoms with E-state index in [9.17, 15) is 33.6 Å². The Kier molecular flexibility index (Phi) is 21.3. The molecule has 0 fully saturated rings. The van der Waals surface area contributed by atoms with Gasteiger partial charge in [0, 0.05) is 19.3 Å². The van der Waals surface area contributed by atoms with E-state index in [-0.39, 0.29) is 63.3 Å². The number of nitrogens with zero attached hydrogens (tertiary/aromatic N) is 1. The minimum atomic E-state index is -1.05. The van der Waals surface area contributed by atoms with Crippen molar-refractivity contribution in [1.82, 2.24) is 20.9 Å². The Labute approximate surface area is 246 Å². The maximum absolute atomic E-state index is 12.1. The van der Waals surface area contributed by atoms with Crippen molar-refractivity contribution in [3.05, 3.63) is 0 Å². The second-order valence-corrected chi connectivity index (χ2v) is 10.4. The second kappa shape index (κ2) is 22.1. The van der Waals surface area contributed by atoms with Crippen molar-refractivity contribution >= 4 is 47.8 Å². The number of quaternary nitrogens is 1. The molecule has 0 aromatic heterocycles. The van der Waals surface area contributed by atoms with E-state index in [0.29, 0.717) is 6.21 Å². The van der Waals surface area contributed by atoms with E-state index >= 15 is 0 Å². The van der Waals surface area contributed by atoms with Crippen LogP contribution in [0.15, 0.2) is 0 Å². The van der Waals surface area contributed by atoms with E-state index in [1.54, 1.807) is 46.8 Å². The average molecular weight is 603 g/mol. The first-order valence-electron chi connectivity index (χ1n) is 13.3. The quantitative estimate of drug-likeness (QED) is 0.0386. The van der Waals surface area contributed by atoms with Crippen LogP contribution in [0.4, 0.5) is 0 Å². The summed E-state index contributed by atoms with van der Waals surface area (Å²) in [6, 6.07) is -2.52. The SMILES string of the molecule is CN(C)CC(=O)NC(CCC=O)C(=O)OC(C)(C)C.CNC(CCC(=O)CN)C(=O)NC(CCC(=O)C=N)C(=O)O[NH3+]. The Bertz CT molecular complexity index is 920. The summed E-state index contributed by atoms with van der Waals surface area (Å²) >= 11 is 0. The molecule has 16 heteroatoms. The Balaban J connectivity index is 0. The molecule has 0 heterocycles. The molecule has 0 aliphatic rings. The zero-order chi connectivity index (χ0) is 32.9. The van der Waals surface area contributed by atoms with Crippen LogP contribution in [0.1, 0.15) is 59.3 Å². The third-order valence-corrected chi connectivity index (χ3v) is 5.25. The largest absolute Gasteiger partial charge is 0.458 e. The van der Waals surface area contributed by atoms with Crippen LogP contribution in [0.5, 0.6) is 0 Å². The van der Waals surface area contributed by atoms with Crippen LogP contribution < -0.4 is 27.6 Å². The molecule has 9 N–H and O–H groups in total. The van der Waals surface area contributed by atoms with Crippen molar-refractivity contribution in [3.63, 3.8) is 0 Å². The zero-order valence-corrected chi connectivity index (χ0v) is 25.4. The minimum Gasteiger partial charge on any atom is -0.458 e. The fourth-order valence-corrected chi connectivity index (χ4v) is 3.18. The Morgan fingerprint density at radius 2 is 1.52 bits per heavy atom. The fourth-order valence-electron chi connectivity index (χ4n) is 3.18. The summed E-state index contributed by atoms with van der Waals surface area (Å²) in [4.78, 5) is 86.1. The lowest BCUT2D eigenvalue weighted by Gasteiger charge is -2.24. The van der Waals surface area contributed by atoms with Gasteiger partial charge in [0.1, 0.15) is 29.8 Å². The highest BCUT2D eigenvalue weighted by molar-refractivity contribution is 6.26. The van der Waals surface area contributed by atoms with E-state index in [1.807, 2.05) is 0 Å². The van der Waals surface area contributed by atoms with Gasteiger partial charge in [0.2, 0.25) is 11.8 Å². The maximum Gasteiger partial charge on any atom is 0.388 e. The molecule has 0 saturated carbocycles. The first-order chi connectivity index (χ1) is 19.5. The van der Waals surface area contributed by atoms with E-state index in [0.717, 1.165) is 6.29 Å². The number of hydrogen-bond donors (Lipinski definition) is 6. The van der Waals surface area contributed by atoms with Gasteiger partial charge in [0.15, 0.2) is 5.78 Å². The van der Waals surface area contributed by atoms with Crippen LogP contribution in [-0.2, 0) is 43.1 Å². The Hall–Kier alpha value is -3.60. The van der Waals surface area contributed by atoms with E-state index in [4.69, 9.17) is 15.9 Å². The maximum atomic E-state index is 12.1. The number of ether oxygens (including phenoxy) is 1. The lowest BCUT2D eigenvalue weighted by molar-refractivity contribution is -0.657. The molecule has 0 aromatic carbocycles. The number of esters is 1. The van der Waals surface area contributed by atoms with Gasteiger partial charge in [-0.2, -0.15) is 5.90 Å². The lowest BCUT2D eigenvalue weighted by atomic mass is 10.1. The molecule has 42 heavy (non-hydrogen) atoms. The molecule has 2 amide bonds. The van der Waals surface area contributed by atoms with Gasteiger partial charge in [-0.1, -0.05) is 0 Å². The van der Waals surface area contributed by atoms with E-state index < -0.39 is 47.4 Å². The zero-order valence-electron chi connectivity index (χ0n) is 25.4. The number of ketones is 2. The molecule has 16 nitrogen and oxygen atoms in total. The van der Waals surface area contributed by atoms with Crippen molar-refractivity contribution in [2.75, 3.05) is 34.2 Å². The number of nitrogens with one attached hydrogen (secondary N) is 4. The topological polar surface area (TPSA) is 255 Å². The predicted molar refractivity (Wildman–Crippen MR) is 152 cm³/mol. The van der Waals surface area contributed by atoms with Crippen molar-refractivity contribution in [2.24, 2.45) is 5.73 Å². The first kappa shape index (κ1) is 40.5. The molecule has 240 valence electrons. The molecule has 0 aromatic rings. The van der Waals surface area contributed by atoms with Crippen LogP contribution in [0.3, 0.4) is 0 Å². The van der Waals surface area contributed by atoms with Crippen LogP contribution in [-0.4, -0.2) is 111 Å². The summed E-state index contributed by atoms with van der Waals surface area (Å²) in [6.45, 7) is 5.34. The summed E-state index contributed by atoms with van der Waals surface area (Å²) in [5.41, 5.74) is 4.58. The highest BCUT2D eigenvalue weighted by atomic mass is 16.7. The average Bonchev–Trinajstić information content (AvgIpc) is 2.91. The monoisotopic (exact) mass is 602 g/mol. The lowest BCUT2D eigenvalue weighted by Crippen LogP contribution is -2.58. The highest BCUT2D eigenvalue weighted by Crippen LogP contribution is 2.10. The van der Waals surface area contributed by atoms with Crippen molar-refractivity contribution < 1.29 is 49.0 Å². The fraction of sp³-hybridized carbons (Fsp3) is 0.692. The predicted octanol–water partition coefficient (Wildman–Crippen LogP) is -2.58. The van der Waals surface area contributed by atoms with Crippen molar-refractivity contribution in [1.29, 1.82) is 5.41 Å². The third-order valence-electron chi connectivity index (χ3n) is 5.25. The van der Waals surface area contributed by atoms with Crippen LogP contribution >= 0.6 is 0 Å². The number of carbonyl (C=O) groups is 7. The molecule has 0 spiro atoms. The molecule has 3 unspecified atom stereocenters. The Morgan fingerprint density at radius 1 is 0.952 bits per heavy atom. The Morgan fingerprint density at radius 3 is 1.98 bits per heavy atom. The molecule has 0 aliphatic heterocycles. The van der Waals surface area contributed by atoms with Crippen LogP contribution in [0.2, 0.25) is 0 Å². The number of carbonyl (C=O) groups excluding carboxylic acids is 7. The number of amides is 2. The minimum absolute atomic E-state index is 0.00747. The summed E-state index contributed by atoms with van der Waals surface area (Å²) in [5, 5.41) is 14.6. The summed E-state index contributed by atoms with van der Waals surface area (Å²) in [5.74, 6) is 0.265. The van der Waals surface area contributed by atoms with Crippen LogP contribution in [0, 0.1) is 5.41 Å². The summed E-state index contributed by atoms with van der Waals surface area (Å²) in [6.07, 6.45) is 2.07. The van der Waals surface area contributed by atoms with Gasteiger partial charge in [-0.15, -0.1) is 0 Å². The number of rotatable bonds is 19. The first-order valence-corrected chi connectivity index (χ1v) is 13.3. The molecular formula is C26H48N7O9+. The van der Waals surface area contributed by atoms with Gasteiger partial charge in [0.05, 0.1) is 25.3 Å². The van der Waals surface area contributed by atoms with Crippen molar-refractivity contribution in [3.8, 4) is 0 Å². The van der Waals surface area contributed by atoms with Crippen molar-refractivity contribution in [2.45, 2.75) is 83.0 Å². The van der Waals surface area contributed by atoms with Gasteiger partial charge in [-0.25, -0.2) is 9.59 Å². The molecule has 0 aliphatic carbocycles.